The second kappa shape index (κ2) is 4.98. The lowest BCUT2D eigenvalue weighted by atomic mass is 9.85. The van der Waals surface area contributed by atoms with Gasteiger partial charge >= 0.3 is 0 Å². The van der Waals surface area contributed by atoms with Gasteiger partial charge in [0.05, 0.1) is 11.6 Å². The van der Waals surface area contributed by atoms with Gasteiger partial charge in [0.1, 0.15) is 0 Å². The van der Waals surface area contributed by atoms with Crippen LogP contribution in [0.4, 0.5) is 0 Å². The fourth-order valence-electron chi connectivity index (χ4n) is 1.97. The molecule has 1 aromatic rings. The first-order valence-corrected chi connectivity index (χ1v) is 5.64. The molecule has 80 valence electrons. The summed E-state index contributed by atoms with van der Waals surface area (Å²) in [6, 6.07) is 8.36. The Morgan fingerprint density at radius 2 is 1.93 bits per heavy atom. The molecule has 0 aliphatic rings. The van der Waals surface area contributed by atoms with E-state index in [1.165, 1.54) is 11.1 Å². The summed E-state index contributed by atoms with van der Waals surface area (Å²) in [6.07, 6.45) is 1.12. The molecule has 0 saturated heterocycles. The fraction of sp³-hybridized carbons (Fsp3) is 0.500. The van der Waals surface area contributed by atoms with Crippen LogP contribution in [-0.4, -0.2) is 0 Å². The van der Waals surface area contributed by atoms with Crippen LogP contribution in [-0.2, 0) is 0 Å². The normalized spacial score (nSPS) is 12.5. The molecule has 0 saturated carbocycles. The molecule has 1 rings (SSSR count). The van der Waals surface area contributed by atoms with Gasteiger partial charge in [-0.25, -0.2) is 0 Å². The Labute approximate surface area is 92.7 Å². The van der Waals surface area contributed by atoms with E-state index >= 15 is 0 Å². The number of nitriles is 1. The monoisotopic (exact) mass is 201 g/mol. The van der Waals surface area contributed by atoms with E-state index in [1.807, 2.05) is 12.1 Å². The Kier molecular flexibility index (Phi) is 3.91. The highest BCUT2D eigenvalue weighted by atomic mass is 14.3. The highest BCUT2D eigenvalue weighted by Gasteiger charge is 2.15. The predicted octanol–water partition coefficient (Wildman–Crippen LogP) is 4.20. The summed E-state index contributed by atoms with van der Waals surface area (Å²) in [5.41, 5.74) is 3.41. The number of hydrogen-bond donors (Lipinski definition) is 0. The predicted molar refractivity (Wildman–Crippen MR) is 64.0 cm³/mol. The van der Waals surface area contributed by atoms with Crippen molar-refractivity contribution in [3.05, 3.63) is 34.9 Å². The van der Waals surface area contributed by atoms with Gasteiger partial charge in [0.2, 0.25) is 0 Å². The molecule has 1 unspecified atom stereocenters. The highest BCUT2D eigenvalue weighted by molar-refractivity contribution is 5.45. The minimum absolute atomic E-state index is 0.421. The van der Waals surface area contributed by atoms with Crippen LogP contribution >= 0.6 is 0 Å². The molecule has 0 heterocycles. The van der Waals surface area contributed by atoms with Crippen molar-refractivity contribution in [3.63, 3.8) is 0 Å². The minimum atomic E-state index is 0.421. The second-order valence-corrected chi connectivity index (χ2v) is 4.38. The Hall–Kier alpha value is -1.29. The maximum atomic E-state index is 9.10. The van der Waals surface area contributed by atoms with E-state index in [1.54, 1.807) is 0 Å². The van der Waals surface area contributed by atoms with Crippen molar-refractivity contribution < 1.29 is 0 Å². The summed E-state index contributed by atoms with van der Waals surface area (Å²) in [5.74, 6) is 0.959. The minimum Gasteiger partial charge on any atom is -0.192 e. The van der Waals surface area contributed by atoms with E-state index in [0.717, 1.165) is 12.0 Å². The first-order valence-electron chi connectivity index (χ1n) is 5.64. The maximum absolute atomic E-state index is 9.10. The van der Waals surface area contributed by atoms with Crippen molar-refractivity contribution in [3.8, 4) is 6.07 Å². The Balaban J connectivity index is 3.33. The Morgan fingerprint density at radius 3 is 2.40 bits per heavy atom. The second-order valence-electron chi connectivity index (χ2n) is 4.38. The third-order valence-corrected chi connectivity index (χ3v) is 2.98. The van der Waals surface area contributed by atoms with Crippen LogP contribution in [0.2, 0.25) is 0 Å². The van der Waals surface area contributed by atoms with Crippen LogP contribution in [0, 0.1) is 11.3 Å². The molecule has 0 amide bonds. The Morgan fingerprint density at radius 1 is 1.27 bits per heavy atom. The van der Waals surface area contributed by atoms with Crippen molar-refractivity contribution >= 4 is 0 Å². The summed E-state index contributed by atoms with van der Waals surface area (Å²) < 4.78 is 0. The molecule has 0 N–H and O–H groups in total. The van der Waals surface area contributed by atoms with Crippen molar-refractivity contribution in [1.29, 1.82) is 5.26 Å². The quantitative estimate of drug-likeness (QED) is 0.719. The van der Waals surface area contributed by atoms with Gasteiger partial charge in [-0.05, 0) is 35.4 Å². The lowest BCUT2D eigenvalue weighted by Gasteiger charge is -2.18. The summed E-state index contributed by atoms with van der Waals surface area (Å²) in [4.78, 5) is 0. The molecule has 0 aromatic heterocycles. The van der Waals surface area contributed by atoms with Gasteiger partial charge in [-0.3, -0.25) is 0 Å². The van der Waals surface area contributed by atoms with E-state index in [4.69, 9.17) is 5.26 Å². The molecular formula is C14H19N. The molecule has 0 aliphatic heterocycles. The maximum Gasteiger partial charge on any atom is 0.0994 e. The number of hydrogen-bond acceptors (Lipinski definition) is 1. The molecule has 0 radical (unpaired) electrons. The standard InChI is InChI=1S/C14H19N/c1-5-11(4)13-8-6-7-12(9-15)14(13)10(2)3/h6-8,10-11H,5H2,1-4H3. The van der Waals surface area contributed by atoms with Gasteiger partial charge in [0.15, 0.2) is 0 Å². The fourth-order valence-corrected chi connectivity index (χ4v) is 1.97. The zero-order chi connectivity index (χ0) is 11.4. The largest absolute Gasteiger partial charge is 0.192 e. The molecule has 1 atom stereocenters. The summed E-state index contributed by atoms with van der Waals surface area (Å²) >= 11 is 0. The number of rotatable bonds is 3. The molecule has 1 heteroatoms. The summed E-state index contributed by atoms with van der Waals surface area (Å²) in [7, 11) is 0. The topological polar surface area (TPSA) is 23.8 Å². The van der Waals surface area contributed by atoms with E-state index in [2.05, 4.69) is 39.8 Å². The van der Waals surface area contributed by atoms with Crippen LogP contribution in [0.5, 0.6) is 0 Å². The zero-order valence-corrected chi connectivity index (χ0v) is 10.0. The van der Waals surface area contributed by atoms with Gasteiger partial charge in [0, 0.05) is 0 Å². The zero-order valence-electron chi connectivity index (χ0n) is 10.0. The summed E-state index contributed by atoms with van der Waals surface area (Å²) in [6.45, 7) is 8.72. The van der Waals surface area contributed by atoms with Crippen molar-refractivity contribution in [2.24, 2.45) is 0 Å². The number of benzene rings is 1. The lowest BCUT2D eigenvalue weighted by Crippen LogP contribution is -2.03. The average Bonchev–Trinajstić information content (AvgIpc) is 2.26. The third-order valence-electron chi connectivity index (χ3n) is 2.98. The molecule has 0 spiro atoms. The smallest absolute Gasteiger partial charge is 0.0994 e. The SMILES string of the molecule is CCC(C)c1cccc(C#N)c1C(C)C. The molecule has 1 aromatic carbocycles. The van der Waals surface area contributed by atoms with Crippen molar-refractivity contribution in [2.45, 2.75) is 46.0 Å². The Bertz CT molecular complexity index is 371. The lowest BCUT2D eigenvalue weighted by molar-refractivity contribution is 0.707. The molecule has 0 fully saturated rings. The molecule has 0 bridgehead atoms. The van der Waals surface area contributed by atoms with Crippen LogP contribution in [0.1, 0.15) is 62.6 Å². The first-order chi connectivity index (χ1) is 7.11. The van der Waals surface area contributed by atoms with E-state index in [-0.39, 0.29) is 0 Å². The average molecular weight is 201 g/mol. The molecule has 0 aliphatic carbocycles. The number of nitrogens with zero attached hydrogens (tertiary/aromatic N) is 1. The highest BCUT2D eigenvalue weighted by Crippen LogP contribution is 2.30. The van der Waals surface area contributed by atoms with Gasteiger partial charge in [0.25, 0.3) is 0 Å². The first kappa shape index (κ1) is 11.8. The molecular weight excluding hydrogens is 182 g/mol. The van der Waals surface area contributed by atoms with Crippen LogP contribution in [0.15, 0.2) is 18.2 Å². The van der Waals surface area contributed by atoms with E-state index in [0.29, 0.717) is 11.8 Å². The van der Waals surface area contributed by atoms with Gasteiger partial charge < -0.3 is 0 Å². The van der Waals surface area contributed by atoms with Gasteiger partial charge in [-0.2, -0.15) is 5.26 Å². The van der Waals surface area contributed by atoms with Gasteiger partial charge in [-0.1, -0.05) is 39.8 Å². The van der Waals surface area contributed by atoms with E-state index < -0.39 is 0 Å². The third kappa shape index (κ3) is 2.39. The molecule has 1 nitrogen and oxygen atoms in total. The molecule has 15 heavy (non-hydrogen) atoms. The van der Waals surface area contributed by atoms with E-state index in [9.17, 15) is 0 Å². The van der Waals surface area contributed by atoms with Crippen LogP contribution < -0.4 is 0 Å². The summed E-state index contributed by atoms with van der Waals surface area (Å²) in [5, 5.41) is 9.10. The van der Waals surface area contributed by atoms with Crippen LogP contribution in [0.3, 0.4) is 0 Å². The van der Waals surface area contributed by atoms with Crippen molar-refractivity contribution in [2.75, 3.05) is 0 Å². The van der Waals surface area contributed by atoms with Gasteiger partial charge in [-0.15, -0.1) is 0 Å². The van der Waals surface area contributed by atoms with Crippen LogP contribution in [0.25, 0.3) is 0 Å². The van der Waals surface area contributed by atoms with Crippen molar-refractivity contribution in [1.82, 2.24) is 0 Å².